The Balaban J connectivity index is 2.06. The highest BCUT2D eigenvalue weighted by molar-refractivity contribution is 6.03. The first-order valence-electron chi connectivity index (χ1n) is 7.70. The summed E-state index contributed by atoms with van der Waals surface area (Å²) in [5.74, 6) is 0.747. The SMILES string of the molecule is CCCCOc1ccc(NC(=O)c2ccc(C)n2C)c(C)c1. The minimum Gasteiger partial charge on any atom is -0.494 e. The molecular formula is C18H24N2O2. The lowest BCUT2D eigenvalue weighted by molar-refractivity contribution is 0.101. The molecule has 1 aromatic heterocycles. The van der Waals surface area contributed by atoms with Gasteiger partial charge >= 0.3 is 0 Å². The summed E-state index contributed by atoms with van der Waals surface area (Å²) in [5.41, 5.74) is 3.52. The lowest BCUT2D eigenvalue weighted by Gasteiger charge is -2.12. The first-order chi connectivity index (χ1) is 10.5. The third-order valence-electron chi connectivity index (χ3n) is 3.82. The summed E-state index contributed by atoms with van der Waals surface area (Å²) in [6.07, 6.45) is 2.16. The Morgan fingerprint density at radius 3 is 2.59 bits per heavy atom. The van der Waals surface area contributed by atoms with E-state index in [1.807, 2.05) is 55.8 Å². The minimum absolute atomic E-state index is 0.0987. The van der Waals surface area contributed by atoms with Crippen molar-refractivity contribution in [3.8, 4) is 5.75 Å². The highest BCUT2D eigenvalue weighted by Gasteiger charge is 2.12. The van der Waals surface area contributed by atoms with Crippen LogP contribution < -0.4 is 10.1 Å². The number of carbonyl (C=O) groups excluding carboxylic acids is 1. The average molecular weight is 300 g/mol. The Kier molecular flexibility index (Phi) is 5.26. The van der Waals surface area contributed by atoms with Gasteiger partial charge in [-0.2, -0.15) is 0 Å². The molecule has 0 saturated carbocycles. The first kappa shape index (κ1) is 16.1. The van der Waals surface area contributed by atoms with E-state index in [0.29, 0.717) is 5.69 Å². The van der Waals surface area contributed by atoms with Crippen molar-refractivity contribution in [1.82, 2.24) is 4.57 Å². The molecule has 0 saturated heterocycles. The molecule has 0 spiro atoms. The molecule has 1 N–H and O–H groups in total. The third kappa shape index (κ3) is 3.70. The maximum atomic E-state index is 12.3. The Hall–Kier alpha value is -2.23. The topological polar surface area (TPSA) is 43.3 Å². The first-order valence-corrected chi connectivity index (χ1v) is 7.70. The molecule has 0 radical (unpaired) electrons. The second kappa shape index (κ2) is 7.16. The van der Waals surface area contributed by atoms with Gasteiger partial charge in [-0.1, -0.05) is 13.3 Å². The Labute approximate surface area is 132 Å². The minimum atomic E-state index is -0.0987. The van der Waals surface area contributed by atoms with Crippen molar-refractivity contribution >= 4 is 11.6 Å². The van der Waals surface area contributed by atoms with E-state index >= 15 is 0 Å². The summed E-state index contributed by atoms with van der Waals surface area (Å²) in [6, 6.07) is 9.52. The van der Waals surface area contributed by atoms with E-state index < -0.39 is 0 Å². The van der Waals surface area contributed by atoms with Crippen molar-refractivity contribution in [1.29, 1.82) is 0 Å². The fourth-order valence-corrected chi connectivity index (χ4v) is 2.23. The molecule has 0 unspecified atom stereocenters. The summed E-state index contributed by atoms with van der Waals surface area (Å²) in [4.78, 5) is 12.3. The molecule has 0 fully saturated rings. The van der Waals surface area contributed by atoms with Crippen LogP contribution in [0.3, 0.4) is 0 Å². The van der Waals surface area contributed by atoms with Crippen LogP contribution >= 0.6 is 0 Å². The number of rotatable bonds is 6. The molecule has 0 atom stereocenters. The van der Waals surface area contributed by atoms with E-state index in [9.17, 15) is 4.79 Å². The summed E-state index contributed by atoms with van der Waals surface area (Å²) in [6.45, 7) is 6.81. The predicted molar refractivity (Wildman–Crippen MR) is 89.7 cm³/mol. The van der Waals surface area contributed by atoms with Crippen molar-refractivity contribution < 1.29 is 9.53 Å². The molecule has 1 amide bonds. The molecule has 0 aliphatic heterocycles. The Bertz CT molecular complexity index is 659. The van der Waals surface area contributed by atoms with E-state index in [2.05, 4.69) is 12.2 Å². The monoisotopic (exact) mass is 300 g/mol. The van der Waals surface area contributed by atoms with Crippen LogP contribution in [0.15, 0.2) is 30.3 Å². The van der Waals surface area contributed by atoms with Crippen molar-refractivity contribution in [2.75, 3.05) is 11.9 Å². The predicted octanol–water partition coefficient (Wildman–Crippen LogP) is 4.07. The van der Waals surface area contributed by atoms with Crippen molar-refractivity contribution in [3.05, 3.63) is 47.3 Å². The number of hydrogen-bond donors (Lipinski definition) is 1. The summed E-state index contributed by atoms with van der Waals surface area (Å²) >= 11 is 0. The number of benzene rings is 1. The number of aromatic nitrogens is 1. The Morgan fingerprint density at radius 2 is 2.00 bits per heavy atom. The van der Waals surface area contributed by atoms with Gasteiger partial charge in [-0.15, -0.1) is 0 Å². The number of hydrogen-bond acceptors (Lipinski definition) is 2. The van der Waals surface area contributed by atoms with Gasteiger partial charge in [0.05, 0.1) is 6.61 Å². The van der Waals surface area contributed by atoms with Crippen LogP contribution in [-0.2, 0) is 7.05 Å². The van der Waals surface area contributed by atoms with Crippen LogP contribution in [0.1, 0.15) is 41.5 Å². The van der Waals surface area contributed by atoms with Crippen LogP contribution in [0, 0.1) is 13.8 Å². The molecule has 118 valence electrons. The third-order valence-corrected chi connectivity index (χ3v) is 3.82. The fourth-order valence-electron chi connectivity index (χ4n) is 2.23. The van der Waals surface area contributed by atoms with Crippen molar-refractivity contribution in [2.24, 2.45) is 7.05 Å². The van der Waals surface area contributed by atoms with Gasteiger partial charge < -0.3 is 14.6 Å². The molecule has 0 bridgehead atoms. The van der Waals surface area contributed by atoms with Crippen LogP contribution in [0.5, 0.6) is 5.75 Å². The number of unbranched alkanes of at least 4 members (excludes halogenated alkanes) is 1. The molecule has 1 aromatic carbocycles. The number of aryl methyl sites for hydroxylation is 2. The highest BCUT2D eigenvalue weighted by Crippen LogP contribution is 2.22. The number of amides is 1. The van der Waals surface area contributed by atoms with Crippen molar-refractivity contribution in [3.63, 3.8) is 0 Å². The molecule has 0 aliphatic carbocycles. The van der Waals surface area contributed by atoms with Gasteiger partial charge in [-0.3, -0.25) is 4.79 Å². The second-order valence-corrected chi connectivity index (χ2v) is 5.55. The van der Waals surface area contributed by atoms with Gasteiger partial charge in [-0.25, -0.2) is 0 Å². The lowest BCUT2D eigenvalue weighted by atomic mass is 10.2. The molecule has 22 heavy (non-hydrogen) atoms. The number of nitrogens with zero attached hydrogens (tertiary/aromatic N) is 1. The molecule has 0 aliphatic rings. The summed E-state index contributed by atoms with van der Waals surface area (Å²) < 4.78 is 7.56. The highest BCUT2D eigenvalue weighted by atomic mass is 16.5. The van der Waals surface area contributed by atoms with Crippen LogP contribution in [0.2, 0.25) is 0 Å². The zero-order valence-corrected chi connectivity index (χ0v) is 13.8. The molecule has 2 aromatic rings. The molecular weight excluding hydrogens is 276 g/mol. The van der Waals surface area contributed by atoms with Crippen LogP contribution in [-0.4, -0.2) is 17.1 Å². The van der Waals surface area contributed by atoms with Gasteiger partial charge in [0.25, 0.3) is 5.91 Å². The standard InChI is InChI=1S/C18H24N2O2/c1-5-6-11-22-15-8-9-16(13(2)12-15)19-18(21)17-10-7-14(3)20(17)4/h7-10,12H,5-6,11H2,1-4H3,(H,19,21). The summed E-state index contributed by atoms with van der Waals surface area (Å²) in [7, 11) is 1.89. The van der Waals surface area contributed by atoms with Gasteiger partial charge in [0.15, 0.2) is 0 Å². The van der Waals surface area contributed by atoms with Crippen LogP contribution in [0.25, 0.3) is 0 Å². The Morgan fingerprint density at radius 1 is 1.23 bits per heavy atom. The van der Waals surface area contributed by atoms with E-state index in [0.717, 1.165) is 42.1 Å². The van der Waals surface area contributed by atoms with E-state index in [1.54, 1.807) is 0 Å². The zero-order valence-electron chi connectivity index (χ0n) is 13.8. The molecule has 4 nitrogen and oxygen atoms in total. The lowest BCUT2D eigenvalue weighted by Crippen LogP contribution is -2.16. The summed E-state index contributed by atoms with van der Waals surface area (Å²) in [5, 5.41) is 2.96. The maximum Gasteiger partial charge on any atom is 0.272 e. The molecule has 4 heteroatoms. The second-order valence-electron chi connectivity index (χ2n) is 5.55. The fraction of sp³-hybridized carbons (Fsp3) is 0.389. The van der Waals surface area contributed by atoms with E-state index in [-0.39, 0.29) is 5.91 Å². The van der Waals surface area contributed by atoms with Crippen LogP contribution in [0.4, 0.5) is 5.69 Å². The zero-order chi connectivity index (χ0) is 16.1. The van der Waals surface area contributed by atoms with E-state index in [4.69, 9.17) is 4.74 Å². The quantitative estimate of drug-likeness (QED) is 0.817. The molecule has 2 rings (SSSR count). The average Bonchev–Trinajstić information content (AvgIpc) is 2.82. The molecule has 1 heterocycles. The number of nitrogens with one attached hydrogen (secondary N) is 1. The number of anilines is 1. The van der Waals surface area contributed by atoms with Gasteiger partial charge in [-0.05, 0) is 56.2 Å². The normalized spacial score (nSPS) is 10.5. The largest absolute Gasteiger partial charge is 0.494 e. The van der Waals surface area contributed by atoms with Gasteiger partial charge in [0, 0.05) is 18.4 Å². The van der Waals surface area contributed by atoms with Crippen molar-refractivity contribution in [2.45, 2.75) is 33.6 Å². The number of ether oxygens (including phenoxy) is 1. The van der Waals surface area contributed by atoms with Gasteiger partial charge in [0.1, 0.15) is 11.4 Å². The maximum absolute atomic E-state index is 12.3. The van der Waals surface area contributed by atoms with Gasteiger partial charge in [0.2, 0.25) is 0 Å². The van der Waals surface area contributed by atoms with E-state index in [1.165, 1.54) is 0 Å². The smallest absolute Gasteiger partial charge is 0.272 e. The number of carbonyl (C=O) groups is 1.